The SMILES string of the molecule is CCCCc1cccc[c]1[Sn+3].CCCCc1cccc[c]1[Sn+3].[O-2].[O-2].[O-2]. The molecule has 0 aliphatic heterocycles. The molecule has 0 saturated carbocycles. The molecule has 0 spiro atoms. The third-order valence-electron chi connectivity index (χ3n) is 3.63. The topological polar surface area (TPSA) is 85.5 Å². The van der Waals surface area contributed by atoms with Crippen LogP contribution in [0.25, 0.3) is 0 Å². The molecule has 0 fully saturated rings. The molecule has 0 saturated heterocycles. The Labute approximate surface area is 179 Å². The molecule has 5 heteroatoms. The molecule has 0 amide bonds. The first-order valence-electron chi connectivity index (χ1n) is 8.28. The molecule has 0 aliphatic rings. The van der Waals surface area contributed by atoms with Crippen LogP contribution >= 0.6 is 0 Å². The summed E-state index contributed by atoms with van der Waals surface area (Å²) in [4.78, 5) is 0. The number of hydrogen-bond acceptors (Lipinski definition) is 0. The molecule has 0 radical (unpaired) electrons. The van der Waals surface area contributed by atoms with Gasteiger partial charge in [-0.3, -0.25) is 0 Å². The van der Waals surface area contributed by atoms with E-state index in [1.807, 2.05) is 0 Å². The fourth-order valence-electron chi connectivity index (χ4n) is 2.21. The van der Waals surface area contributed by atoms with Crippen LogP contribution in [0.15, 0.2) is 48.5 Å². The number of benzene rings is 2. The van der Waals surface area contributed by atoms with E-state index in [1.165, 1.54) is 45.7 Å². The largest absolute Gasteiger partial charge is 2.00 e. The normalized spacial score (nSPS) is 8.88. The van der Waals surface area contributed by atoms with Crippen molar-refractivity contribution in [1.82, 2.24) is 0 Å². The molecule has 0 N–H and O–H groups in total. The summed E-state index contributed by atoms with van der Waals surface area (Å²) in [7, 11) is 0. The minimum Gasteiger partial charge on any atom is -2.00 e. The van der Waals surface area contributed by atoms with Crippen LogP contribution in [0.1, 0.15) is 50.7 Å². The van der Waals surface area contributed by atoms with Crippen molar-refractivity contribution in [2.75, 3.05) is 0 Å². The van der Waals surface area contributed by atoms with Crippen molar-refractivity contribution >= 4 is 52.2 Å². The van der Waals surface area contributed by atoms with Crippen molar-refractivity contribution in [2.24, 2.45) is 0 Å². The third kappa shape index (κ3) is 12.8. The van der Waals surface area contributed by atoms with E-state index in [0.717, 1.165) is 0 Å². The van der Waals surface area contributed by atoms with E-state index in [0.29, 0.717) is 0 Å². The molecule has 0 aromatic heterocycles. The van der Waals surface area contributed by atoms with Crippen LogP contribution in [0.2, 0.25) is 0 Å². The Hall–Kier alpha value is -0.0826. The van der Waals surface area contributed by atoms with E-state index in [2.05, 4.69) is 62.4 Å². The fourth-order valence-corrected chi connectivity index (χ4v) is 3.95. The quantitative estimate of drug-likeness (QED) is 0.494. The van der Waals surface area contributed by atoms with Crippen LogP contribution in [-0.2, 0) is 29.3 Å². The molecular weight excluding hydrogens is 526 g/mol. The molecule has 0 heterocycles. The van der Waals surface area contributed by atoms with Crippen molar-refractivity contribution in [1.29, 1.82) is 0 Å². The summed E-state index contributed by atoms with van der Waals surface area (Å²) in [5.74, 6) is 0. The predicted molar refractivity (Wildman–Crippen MR) is 103 cm³/mol. The van der Waals surface area contributed by atoms with Crippen molar-refractivity contribution in [3.05, 3.63) is 59.7 Å². The fraction of sp³-hybridized carbons (Fsp3) is 0.400. The Morgan fingerprint density at radius 1 is 0.600 bits per heavy atom. The molecule has 3 nitrogen and oxygen atoms in total. The minimum absolute atomic E-state index is 0. The predicted octanol–water partition coefficient (Wildman–Crippen LogP) is 3.29. The smallest absolute Gasteiger partial charge is 2.00 e. The Morgan fingerprint density at radius 2 is 0.920 bits per heavy atom. The molecule has 25 heavy (non-hydrogen) atoms. The second kappa shape index (κ2) is 18.7. The van der Waals surface area contributed by atoms with Crippen molar-refractivity contribution < 1.29 is 16.4 Å². The van der Waals surface area contributed by atoms with Gasteiger partial charge in [0, 0.05) is 0 Å². The van der Waals surface area contributed by atoms with Gasteiger partial charge >= 0.3 is 164 Å². The Morgan fingerprint density at radius 3 is 1.20 bits per heavy atom. The first-order chi connectivity index (χ1) is 10.7. The van der Waals surface area contributed by atoms with Gasteiger partial charge in [0.1, 0.15) is 0 Å². The van der Waals surface area contributed by atoms with Gasteiger partial charge in [-0.15, -0.1) is 0 Å². The number of hydrogen-bond donors (Lipinski definition) is 0. The molecule has 2 aromatic carbocycles. The van der Waals surface area contributed by atoms with Crippen molar-refractivity contribution in [3.63, 3.8) is 0 Å². The van der Waals surface area contributed by atoms with E-state index in [4.69, 9.17) is 0 Å². The third-order valence-corrected chi connectivity index (χ3v) is 6.42. The molecule has 0 unspecified atom stereocenters. The van der Waals surface area contributed by atoms with E-state index in [-0.39, 0.29) is 16.4 Å². The second-order valence-corrected chi connectivity index (χ2v) is 8.60. The Bertz CT molecular complexity index is 498. The Balaban J connectivity index is -0.000000346. The number of aryl methyl sites for hydroxylation is 2. The summed E-state index contributed by atoms with van der Waals surface area (Å²) in [6.07, 6.45) is 7.77. The monoisotopic (exact) mass is 554 g/mol. The molecule has 132 valence electrons. The maximum absolute atomic E-state index is 2.25. The minimum atomic E-state index is 0. The first kappa shape index (κ1) is 29.7. The van der Waals surface area contributed by atoms with Gasteiger partial charge in [-0.2, -0.15) is 0 Å². The van der Waals surface area contributed by atoms with Gasteiger partial charge in [-0.05, 0) is 0 Å². The van der Waals surface area contributed by atoms with Crippen LogP contribution < -0.4 is 7.16 Å². The molecule has 2 aromatic rings. The average Bonchev–Trinajstić information content (AvgIpc) is 2.54. The van der Waals surface area contributed by atoms with Crippen LogP contribution in [0.5, 0.6) is 0 Å². The van der Waals surface area contributed by atoms with E-state index < -0.39 is 0 Å². The summed E-state index contributed by atoms with van der Waals surface area (Å²) < 4.78 is 3.04. The Kier molecular flexibility index (Phi) is 22.2. The maximum atomic E-state index is 2.25. The number of unbranched alkanes of at least 4 members (excludes halogenated alkanes) is 2. The zero-order valence-corrected chi connectivity index (χ0v) is 20.8. The van der Waals surface area contributed by atoms with Crippen molar-refractivity contribution in [3.8, 4) is 0 Å². The van der Waals surface area contributed by atoms with Gasteiger partial charge in [0.15, 0.2) is 0 Å². The van der Waals surface area contributed by atoms with E-state index >= 15 is 0 Å². The second-order valence-electron chi connectivity index (χ2n) is 5.52. The number of rotatable bonds is 6. The van der Waals surface area contributed by atoms with Crippen LogP contribution in [-0.4, -0.2) is 45.0 Å². The molecule has 0 atom stereocenters. The van der Waals surface area contributed by atoms with Gasteiger partial charge in [0.25, 0.3) is 0 Å². The zero-order valence-electron chi connectivity index (χ0n) is 15.1. The van der Waals surface area contributed by atoms with Crippen LogP contribution in [0.3, 0.4) is 0 Å². The molecule has 0 aliphatic carbocycles. The zero-order chi connectivity index (χ0) is 16.2. The standard InChI is InChI=1S/2C10H13.3O.2Sn/c2*1-2-3-7-10-8-5-4-6-9-10;;;;;/h2*4-6,8H,2-3,7H2,1H3;;;;;/q;;3*-2;2*+3. The molecule has 2 rings (SSSR count). The van der Waals surface area contributed by atoms with E-state index in [1.54, 1.807) is 56.2 Å². The summed E-state index contributed by atoms with van der Waals surface area (Å²) in [6.45, 7) is 4.48. The first-order valence-corrected chi connectivity index (χ1v) is 11.1. The molecule has 0 bridgehead atoms. The van der Waals surface area contributed by atoms with Crippen LogP contribution in [0.4, 0.5) is 0 Å². The average molecular weight is 552 g/mol. The summed E-state index contributed by atoms with van der Waals surface area (Å²) in [5, 5.41) is 0. The van der Waals surface area contributed by atoms with Gasteiger partial charge in [0.05, 0.1) is 0 Å². The van der Waals surface area contributed by atoms with E-state index in [9.17, 15) is 0 Å². The van der Waals surface area contributed by atoms with Crippen LogP contribution in [0, 0.1) is 0 Å². The maximum Gasteiger partial charge on any atom is -2.00 e. The van der Waals surface area contributed by atoms with Crippen molar-refractivity contribution in [2.45, 2.75) is 52.4 Å². The summed E-state index contributed by atoms with van der Waals surface area (Å²) in [6, 6.07) is 17.5. The van der Waals surface area contributed by atoms with Gasteiger partial charge in [-0.25, -0.2) is 0 Å². The molecular formula is C20H26O3Sn2. The van der Waals surface area contributed by atoms with Gasteiger partial charge < -0.3 is 16.4 Å². The summed E-state index contributed by atoms with van der Waals surface area (Å²) >= 11 is 3.08. The summed E-state index contributed by atoms with van der Waals surface area (Å²) in [5.41, 5.74) is 3.10. The van der Waals surface area contributed by atoms with Gasteiger partial charge in [0.2, 0.25) is 0 Å². The van der Waals surface area contributed by atoms with Gasteiger partial charge in [-0.1, -0.05) is 0 Å².